The second-order valence-electron chi connectivity index (χ2n) is 4.85. The number of nitrogens with one attached hydrogen (secondary N) is 1. The Morgan fingerprint density at radius 3 is 2.17 bits per heavy atom. The quantitative estimate of drug-likeness (QED) is 0.806. The van der Waals surface area contributed by atoms with E-state index in [0.29, 0.717) is 11.3 Å². The zero-order valence-electron chi connectivity index (χ0n) is 12.8. The maximum absolute atomic E-state index is 12.5. The van der Waals surface area contributed by atoms with Crippen LogP contribution in [0.4, 0.5) is 24.5 Å². The molecule has 1 aromatic rings. The van der Waals surface area contributed by atoms with E-state index in [1.807, 2.05) is 12.1 Å². The van der Waals surface area contributed by atoms with Crippen LogP contribution >= 0.6 is 0 Å². The van der Waals surface area contributed by atoms with Gasteiger partial charge < -0.3 is 4.90 Å². The molecule has 0 atom stereocenters. The molecule has 10 heteroatoms. The smallest absolute Gasteiger partial charge is 0.369 e. The summed E-state index contributed by atoms with van der Waals surface area (Å²) in [6, 6.07) is 8.20. The van der Waals surface area contributed by atoms with E-state index in [2.05, 4.69) is 0 Å². The fourth-order valence-electron chi connectivity index (χ4n) is 1.86. The summed E-state index contributed by atoms with van der Waals surface area (Å²) in [5.74, 6) is 0. The Morgan fingerprint density at radius 1 is 1.17 bits per heavy atom. The van der Waals surface area contributed by atoms with Crippen molar-refractivity contribution >= 4 is 21.4 Å². The van der Waals surface area contributed by atoms with Crippen molar-refractivity contribution in [2.24, 2.45) is 0 Å². The van der Waals surface area contributed by atoms with Gasteiger partial charge in [0.25, 0.3) is 0 Å². The van der Waals surface area contributed by atoms with Gasteiger partial charge >= 0.3 is 15.5 Å². The normalized spacial score (nSPS) is 11.4. The van der Waals surface area contributed by atoms with Crippen molar-refractivity contribution in [3.63, 3.8) is 0 Å². The summed E-state index contributed by atoms with van der Waals surface area (Å²) in [7, 11) is -5.52. The van der Waals surface area contributed by atoms with Crippen LogP contribution in [0.15, 0.2) is 18.2 Å². The van der Waals surface area contributed by atoms with Crippen LogP contribution < -0.4 is 9.62 Å². The summed E-state index contributed by atoms with van der Waals surface area (Å²) in [4.78, 5) is 1.64. The van der Waals surface area contributed by atoms with Gasteiger partial charge in [-0.1, -0.05) is 6.07 Å². The van der Waals surface area contributed by atoms with Crippen LogP contribution in [0.2, 0.25) is 0 Å². The van der Waals surface area contributed by atoms with E-state index in [1.165, 1.54) is 23.8 Å². The molecule has 1 rings (SSSR count). The number of sulfonamides is 1. The molecule has 6 nitrogen and oxygen atoms in total. The van der Waals surface area contributed by atoms with Crippen molar-refractivity contribution in [1.82, 2.24) is 0 Å². The molecule has 0 unspecified atom stereocenters. The van der Waals surface area contributed by atoms with E-state index in [1.54, 1.807) is 11.0 Å². The molecular formula is C14H15F3N4O2S. The number of halogens is 3. The van der Waals surface area contributed by atoms with E-state index in [9.17, 15) is 21.6 Å². The highest BCUT2D eigenvalue weighted by Crippen LogP contribution is 2.29. The molecule has 0 fully saturated rings. The van der Waals surface area contributed by atoms with E-state index < -0.39 is 15.5 Å². The number of nitrogens with zero attached hydrogens (tertiary/aromatic N) is 3. The molecule has 0 aromatic heterocycles. The summed E-state index contributed by atoms with van der Waals surface area (Å²) in [5.41, 5.74) is -4.89. The second kappa shape index (κ2) is 7.88. The lowest BCUT2D eigenvalue weighted by atomic mass is 10.1. The van der Waals surface area contributed by atoms with Gasteiger partial charge in [0.15, 0.2) is 0 Å². The standard InChI is InChI=1S/C14H15F3N4O2S/c1-11-4-5-12(21(8-2-6-18)9-3-7-19)10-13(11)20-24(22,23)14(15,16)17/h4-5,10,20H,2-3,8-9H2,1H3. The van der Waals surface area contributed by atoms with Crippen LogP contribution in [0.3, 0.4) is 0 Å². The maximum Gasteiger partial charge on any atom is 0.516 e. The van der Waals surface area contributed by atoms with E-state index in [4.69, 9.17) is 10.5 Å². The number of nitriles is 2. The Morgan fingerprint density at radius 2 is 1.71 bits per heavy atom. The van der Waals surface area contributed by atoms with Gasteiger partial charge in [-0.05, 0) is 24.6 Å². The third-order valence-corrected chi connectivity index (χ3v) is 4.22. The molecule has 0 spiro atoms. The molecule has 24 heavy (non-hydrogen) atoms. The van der Waals surface area contributed by atoms with Crippen molar-refractivity contribution < 1.29 is 21.6 Å². The molecule has 0 bridgehead atoms. The predicted octanol–water partition coefficient (Wildman–Crippen LogP) is 2.89. The minimum atomic E-state index is -5.52. The number of benzene rings is 1. The molecule has 0 aliphatic carbocycles. The number of alkyl halides is 3. The Labute approximate surface area is 138 Å². The van der Waals surface area contributed by atoms with Crippen molar-refractivity contribution in [1.29, 1.82) is 10.5 Å². The lowest BCUT2D eigenvalue weighted by Gasteiger charge is -2.24. The van der Waals surface area contributed by atoms with Crippen LogP contribution in [-0.2, 0) is 10.0 Å². The topological polar surface area (TPSA) is 97.0 Å². The summed E-state index contributed by atoms with van der Waals surface area (Å²) >= 11 is 0. The fraction of sp³-hybridized carbons (Fsp3) is 0.429. The summed E-state index contributed by atoms with van der Waals surface area (Å²) in [6.45, 7) is 2.01. The highest BCUT2D eigenvalue weighted by Gasteiger charge is 2.46. The number of hydrogen-bond donors (Lipinski definition) is 1. The van der Waals surface area contributed by atoms with Crippen LogP contribution in [0.1, 0.15) is 18.4 Å². The molecule has 0 aliphatic rings. The molecule has 1 N–H and O–H groups in total. The van der Waals surface area contributed by atoms with E-state index >= 15 is 0 Å². The Balaban J connectivity index is 3.15. The van der Waals surface area contributed by atoms with Gasteiger partial charge in [0.2, 0.25) is 0 Å². The highest BCUT2D eigenvalue weighted by atomic mass is 32.2. The molecular weight excluding hydrogens is 345 g/mol. The zero-order valence-corrected chi connectivity index (χ0v) is 13.6. The van der Waals surface area contributed by atoms with Crippen molar-refractivity contribution in [2.45, 2.75) is 25.3 Å². The first-order valence-corrected chi connectivity index (χ1v) is 8.29. The summed E-state index contributed by atoms with van der Waals surface area (Å²) in [6.07, 6.45) is 0.311. The fourth-order valence-corrected chi connectivity index (χ4v) is 2.48. The number of anilines is 2. The SMILES string of the molecule is Cc1ccc(N(CCC#N)CCC#N)cc1NS(=O)(=O)C(F)(F)F. The molecule has 0 radical (unpaired) electrons. The Hall–Kier alpha value is -2.46. The predicted molar refractivity (Wildman–Crippen MR) is 82.4 cm³/mol. The van der Waals surface area contributed by atoms with Crippen LogP contribution in [0.25, 0.3) is 0 Å². The monoisotopic (exact) mass is 360 g/mol. The van der Waals surface area contributed by atoms with Gasteiger partial charge in [-0.15, -0.1) is 0 Å². The minimum Gasteiger partial charge on any atom is -0.369 e. The van der Waals surface area contributed by atoms with Gasteiger partial charge in [-0.3, -0.25) is 4.72 Å². The van der Waals surface area contributed by atoms with Gasteiger partial charge in [-0.25, -0.2) is 0 Å². The van der Waals surface area contributed by atoms with Crippen LogP contribution in [-0.4, -0.2) is 27.0 Å². The highest BCUT2D eigenvalue weighted by molar-refractivity contribution is 7.93. The van der Waals surface area contributed by atoms with Gasteiger partial charge in [0, 0.05) is 18.8 Å². The van der Waals surface area contributed by atoms with E-state index in [-0.39, 0.29) is 31.6 Å². The molecule has 0 amide bonds. The number of aryl methyl sites for hydroxylation is 1. The number of hydrogen-bond acceptors (Lipinski definition) is 5. The zero-order chi connectivity index (χ0) is 18.4. The molecule has 0 heterocycles. The second-order valence-corrected chi connectivity index (χ2v) is 6.53. The molecule has 0 saturated heterocycles. The van der Waals surface area contributed by atoms with Gasteiger partial charge in [0.05, 0.1) is 30.7 Å². The molecule has 0 saturated carbocycles. The lowest BCUT2D eigenvalue weighted by Crippen LogP contribution is -2.30. The first-order chi connectivity index (χ1) is 11.1. The minimum absolute atomic E-state index is 0.156. The average molecular weight is 360 g/mol. The van der Waals surface area contributed by atoms with Crippen molar-refractivity contribution in [3.8, 4) is 12.1 Å². The maximum atomic E-state index is 12.5. The summed E-state index contributed by atoms with van der Waals surface area (Å²) < 4.78 is 61.6. The average Bonchev–Trinajstić information content (AvgIpc) is 2.48. The van der Waals surface area contributed by atoms with Crippen LogP contribution in [0.5, 0.6) is 0 Å². The third-order valence-electron chi connectivity index (χ3n) is 3.12. The van der Waals surface area contributed by atoms with Crippen molar-refractivity contribution in [2.75, 3.05) is 22.7 Å². The molecule has 130 valence electrons. The van der Waals surface area contributed by atoms with Crippen molar-refractivity contribution in [3.05, 3.63) is 23.8 Å². The molecule has 1 aromatic carbocycles. The van der Waals surface area contributed by atoms with Crippen LogP contribution in [0, 0.1) is 29.6 Å². The first-order valence-electron chi connectivity index (χ1n) is 6.81. The molecule has 0 aliphatic heterocycles. The Kier molecular flexibility index (Phi) is 6.43. The first kappa shape index (κ1) is 19.6. The summed E-state index contributed by atoms with van der Waals surface area (Å²) in [5, 5.41) is 17.3. The largest absolute Gasteiger partial charge is 0.516 e. The third kappa shape index (κ3) is 5.03. The number of rotatable bonds is 7. The lowest BCUT2D eigenvalue weighted by molar-refractivity contribution is -0.0429. The van der Waals surface area contributed by atoms with E-state index in [0.717, 1.165) is 0 Å². The van der Waals surface area contributed by atoms with Gasteiger partial charge in [-0.2, -0.15) is 32.1 Å². The van der Waals surface area contributed by atoms with Gasteiger partial charge in [0.1, 0.15) is 0 Å². The Bertz CT molecular complexity index is 746.